The molecule has 0 atom stereocenters. The Morgan fingerprint density at radius 2 is 1.48 bits per heavy atom. The van der Waals surface area contributed by atoms with E-state index in [9.17, 15) is 0 Å². The second kappa shape index (κ2) is 18.5. The van der Waals surface area contributed by atoms with E-state index in [2.05, 4.69) is 51.6 Å². The van der Waals surface area contributed by atoms with Crippen LogP contribution < -0.4 is 0 Å². The van der Waals surface area contributed by atoms with Crippen molar-refractivity contribution >= 4 is 28.9 Å². The Labute approximate surface area is 189 Å². The van der Waals surface area contributed by atoms with Gasteiger partial charge in [-0.15, -0.1) is 0 Å². The molecule has 0 unspecified atom stereocenters. The lowest BCUT2D eigenvalue weighted by molar-refractivity contribution is 0.232. The largest absolute Gasteiger partial charge is 0.379 e. The summed E-state index contributed by atoms with van der Waals surface area (Å²) in [5.41, 5.74) is 5.04. The molecule has 1 nitrogen and oxygen atoms in total. The van der Waals surface area contributed by atoms with Crippen molar-refractivity contribution in [1.29, 1.82) is 0 Å². The highest BCUT2D eigenvalue weighted by Crippen LogP contribution is 2.31. The lowest BCUT2D eigenvalue weighted by Gasteiger charge is -2.11. The van der Waals surface area contributed by atoms with Crippen molar-refractivity contribution in [1.82, 2.24) is 0 Å². The summed E-state index contributed by atoms with van der Waals surface area (Å²) < 4.78 is 5.23. The van der Waals surface area contributed by atoms with E-state index >= 15 is 0 Å². The van der Waals surface area contributed by atoms with Gasteiger partial charge in [-0.05, 0) is 67.0 Å². The maximum atomic E-state index is 5.72. The third-order valence-corrected chi connectivity index (χ3v) is 4.92. The Morgan fingerprint density at radius 1 is 0.931 bits per heavy atom. The maximum Gasteiger partial charge on any atom is 0.0778 e. The van der Waals surface area contributed by atoms with E-state index < -0.39 is 0 Å². The van der Waals surface area contributed by atoms with Gasteiger partial charge in [0.2, 0.25) is 0 Å². The fourth-order valence-corrected chi connectivity index (χ4v) is 3.20. The van der Waals surface area contributed by atoms with E-state index in [1.807, 2.05) is 58.9 Å². The number of benzene rings is 2. The van der Waals surface area contributed by atoms with E-state index in [1.165, 1.54) is 27.2 Å². The molecule has 0 aliphatic carbocycles. The van der Waals surface area contributed by atoms with Crippen LogP contribution in [-0.4, -0.2) is 13.7 Å². The number of thioether (sulfide) groups is 1. The smallest absolute Gasteiger partial charge is 0.0778 e. The molecule has 0 radical (unpaired) electrons. The van der Waals surface area contributed by atoms with E-state index in [4.69, 9.17) is 16.3 Å². The highest BCUT2D eigenvalue weighted by atomic mass is 35.5. The molecule has 0 heterocycles. The van der Waals surface area contributed by atoms with Crippen LogP contribution in [0.15, 0.2) is 64.9 Å². The lowest BCUT2D eigenvalue weighted by atomic mass is 10.1. The Bertz CT molecular complexity index is 721. The minimum Gasteiger partial charge on any atom is -0.379 e. The molecule has 0 aliphatic heterocycles. The average molecular weight is 435 g/mol. The number of hydrogen-bond donors (Lipinski definition) is 0. The Balaban J connectivity index is 0. The molecule has 0 aromatic heterocycles. The predicted molar refractivity (Wildman–Crippen MR) is 137 cm³/mol. The number of allylic oxidation sites excluding steroid dienone is 2. The van der Waals surface area contributed by atoms with Crippen LogP contribution in [0.1, 0.15) is 58.2 Å². The van der Waals surface area contributed by atoms with Crippen LogP contribution in [0.2, 0.25) is 5.02 Å². The molecule has 2 aromatic carbocycles. The number of rotatable bonds is 5. The van der Waals surface area contributed by atoms with Gasteiger partial charge >= 0.3 is 0 Å². The quantitative estimate of drug-likeness (QED) is 0.463. The third-order valence-electron chi connectivity index (χ3n) is 3.67. The third kappa shape index (κ3) is 13.4. The summed E-state index contributed by atoms with van der Waals surface area (Å²) >= 11 is 7.40. The molecule has 0 aliphatic rings. The molecule has 0 N–H and O–H groups in total. The van der Waals surface area contributed by atoms with E-state index in [-0.39, 0.29) is 0 Å². The number of hydrogen-bond acceptors (Lipinski definition) is 2. The summed E-state index contributed by atoms with van der Waals surface area (Å²) in [7, 11) is 1.72. The summed E-state index contributed by atoms with van der Waals surface area (Å²) in [5, 5.41) is 0.818. The molecular formula is C26H39ClOS. The van der Waals surface area contributed by atoms with Gasteiger partial charge in [0.15, 0.2) is 0 Å². The number of ether oxygens (including phenoxy) is 1. The zero-order chi connectivity index (χ0) is 22.8. The molecule has 0 bridgehead atoms. The van der Waals surface area contributed by atoms with Crippen molar-refractivity contribution < 1.29 is 4.74 Å². The molecule has 2 aromatic rings. The second-order valence-corrected chi connectivity index (χ2v) is 7.71. The van der Waals surface area contributed by atoms with Gasteiger partial charge in [-0.25, -0.2) is 0 Å². The van der Waals surface area contributed by atoms with Gasteiger partial charge in [0.05, 0.1) is 6.61 Å². The van der Waals surface area contributed by atoms with Crippen LogP contribution in [-0.2, 0) is 4.74 Å². The highest BCUT2D eigenvalue weighted by molar-refractivity contribution is 8.06. The summed E-state index contributed by atoms with van der Waals surface area (Å²) in [5.74, 6) is 0. The van der Waals surface area contributed by atoms with Gasteiger partial charge in [0, 0.05) is 17.0 Å². The molecule has 0 spiro atoms. The van der Waals surface area contributed by atoms with Crippen molar-refractivity contribution in [3.8, 4) is 0 Å². The summed E-state index contributed by atoms with van der Waals surface area (Å²) in [4.78, 5) is 2.31. The van der Waals surface area contributed by atoms with Crippen LogP contribution >= 0.6 is 23.4 Å². The first kappa shape index (κ1) is 29.7. The molecule has 29 heavy (non-hydrogen) atoms. The number of halogens is 1. The molecule has 0 saturated heterocycles. The van der Waals surface area contributed by atoms with Crippen molar-refractivity contribution in [3.05, 3.63) is 86.6 Å². The van der Waals surface area contributed by atoms with Crippen LogP contribution in [0.4, 0.5) is 0 Å². The first-order chi connectivity index (χ1) is 13.8. The predicted octanol–water partition coefficient (Wildman–Crippen LogP) is 9.34. The zero-order valence-corrected chi connectivity index (χ0v) is 21.3. The van der Waals surface area contributed by atoms with Gasteiger partial charge in [0.1, 0.15) is 0 Å². The summed E-state index contributed by atoms with van der Waals surface area (Å²) in [6.07, 6.45) is 0. The molecule has 2 rings (SSSR count). The zero-order valence-electron chi connectivity index (χ0n) is 19.7. The van der Waals surface area contributed by atoms with E-state index in [0.717, 1.165) is 9.93 Å². The van der Waals surface area contributed by atoms with Gasteiger partial charge in [-0.1, -0.05) is 94.0 Å². The Morgan fingerprint density at radius 3 is 1.90 bits per heavy atom. The normalized spacial score (nSPS) is 10.1. The summed E-state index contributed by atoms with van der Waals surface area (Å²) in [6.45, 7) is 20.8. The van der Waals surface area contributed by atoms with Crippen LogP contribution in [0.25, 0.3) is 5.57 Å². The standard InChI is InChI=1S/C14H18OS.C8H9Cl.2C2H6/c1-11(2)16-14(10-15-4)12(3)13-8-6-5-7-9-13;1-6-3-4-8(9)5-7(6)2;2*1-2/h5-9H,1,10H2,2-4H3;3-5H,1-2H3;2*1-2H3/b14-12+;;;. The van der Waals surface area contributed by atoms with Crippen molar-refractivity contribution in [2.24, 2.45) is 0 Å². The highest BCUT2D eigenvalue weighted by Gasteiger charge is 2.05. The Hall–Kier alpha value is -1.48. The second-order valence-electron chi connectivity index (χ2n) is 5.88. The number of methoxy groups -OCH3 is 1. The number of aryl methyl sites for hydroxylation is 2. The van der Waals surface area contributed by atoms with Gasteiger partial charge < -0.3 is 4.74 Å². The SMILES string of the molecule is C=C(C)S/C(COC)=C(\C)c1ccccc1.CC.CC.Cc1ccc(Cl)cc1C. The summed E-state index contributed by atoms with van der Waals surface area (Å²) in [6, 6.07) is 16.3. The van der Waals surface area contributed by atoms with Crippen LogP contribution in [0.3, 0.4) is 0 Å². The van der Waals surface area contributed by atoms with Gasteiger partial charge in [-0.2, -0.15) is 0 Å². The molecule has 0 fully saturated rings. The maximum absolute atomic E-state index is 5.72. The molecule has 3 heteroatoms. The van der Waals surface area contributed by atoms with Crippen molar-refractivity contribution in [3.63, 3.8) is 0 Å². The molecule has 0 saturated carbocycles. The molecular weight excluding hydrogens is 396 g/mol. The van der Waals surface area contributed by atoms with Crippen molar-refractivity contribution in [2.75, 3.05) is 13.7 Å². The monoisotopic (exact) mass is 434 g/mol. The fourth-order valence-electron chi connectivity index (χ4n) is 2.11. The minimum atomic E-state index is 0.637. The minimum absolute atomic E-state index is 0.637. The topological polar surface area (TPSA) is 9.23 Å². The van der Waals surface area contributed by atoms with Crippen molar-refractivity contribution in [2.45, 2.75) is 55.4 Å². The van der Waals surface area contributed by atoms with Crippen LogP contribution in [0, 0.1) is 13.8 Å². The first-order valence-corrected chi connectivity index (χ1v) is 11.3. The average Bonchev–Trinajstić information content (AvgIpc) is 2.74. The van der Waals surface area contributed by atoms with Gasteiger partial charge in [-0.3, -0.25) is 0 Å². The van der Waals surface area contributed by atoms with E-state index in [1.54, 1.807) is 18.9 Å². The Kier molecular flexibility index (Phi) is 19.0. The molecule has 162 valence electrons. The van der Waals surface area contributed by atoms with E-state index in [0.29, 0.717) is 6.61 Å². The first-order valence-electron chi connectivity index (χ1n) is 10.1. The molecule has 0 amide bonds. The lowest BCUT2D eigenvalue weighted by Crippen LogP contribution is -1.94. The van der Waals surface area contributed by atoms with Crippen LogP contribution in [0.5, 0.6) is 0 Å². The fraction of sp³-hybridized carbons (Fsp3) is 0.385. The van der Waals surface area contributed by atoms with Gasteiger partial charge in [0.25, 0.3) is 0 Å².